The van der Waals surface area contributed by atoms with Crippen molar-refractivity contribution in [2.75, 3.05) is 24.2 Å². The zero-order chi connectivity index (χ0) is 8.97. The number of anilines is 2. The lowest BCUT2D eigenvalue weighted by atomic mass is 10.3. The highest BCUT2D eigenvalue weighted by molar-refractivity contribution is 5.64. The summed E-state index contributed by atoms with van der Waals surface area (Å²) in [4.78, 5) is 4.36. The Hall–Kier alpha value is -1.25. The molecule has 0 radical (unpaired) electrons. The first-order valence-corrected chi connectivity index (χ1v) is 4.17. The maximum absolute atomic E-state index is 4.36. The van der Waals surface area contributed by atoms with E-state index in [0.717, 1.165) is 23.7 Å². The molecule has 0 aliphatic heterocycles. The topological polar surface area (TPSA) is 37.0 Å². The lowest BCUT2D eigenvalue weighted by Crippen LogP contribution is -2.04. The average Bonchev–Trinajstić information content (AvgIpc) is 2.05. The average molecular weight is 165 g/mol. The van der Waals surface area contributed by atoms with Crippen molar-refractivity contribution < 1.29 is 0 Å². The molecule has 3 heteroatoms. The maximum atomic E-state index is 4.36. The molecule has 0 spiro atoms. The van der Waals surface area contributed by atoms with Crippen LogP contribution in [0.5, 0.6) is 0 Å². The molecule has 2 N–H and O–H groups in total. The van der Waals surface area contributed by atoms with Crippen LogP contribution in [0, 0.1) is 6.92 Å². The molecule has 0 aromatic carbocycles. The fourth-order valence-electron chi connectivity index (χ4n) is 1.06. The lowest BCUT2D eigenvalue weighted by molar-refractivity contribution is 1.12. The SMILES string of the molecule is CCNc1nc(C)ccc1NC. The lowest BCUT2D eigenvalue weighted by Gasteiger charge is -2.09. The smallest absolute Gasteiger partial charge is 0.149 e. The first-order valence-electron chi connectivity index (χ1n) is 4.17. The molecule has 0 saturated heterocycles. The van der Waals surface area contributed by atoms with Crippen LogP contribution in [0.1, 0.15) is 12.6 Å². The molecule has 66 valence electrons. The van der Waals surface area contributed by atoms with Gasteiger partial charge in [0.25, 0.3) is 0 Å². The zero-order valence-electron chi connectivity index (χ0n) is 7.81. The van der Waals surface area contributed by atoms with Crippen molar-refractivity contribution in [1.29, 1.82) is 0 Å². The largest absolute Gasteiger partial charge is 0.385 e. The normalized spacial score (nSPS) is 9.58. The Balaban J connectivity index is 2.95. The molecule has 0 atom stereocenters. The summed E-state index contributed by atoms with van der Waals surface area (Å²) in [6.45, 7) is 4.94. The van der Waals surface area contributed by atoms with Crippen molar-refractivity contribution >= 4 is 11.5 Å². The summed E-state index contributed by atoms with van der Waals surface area (Å²) in [5.74, 6) is 0.931. The van der Waals surface area contributed by atoms with Gasteiger partial charge in [0.1, 0.15) is 5.82 Å². The van der Waals surface area contributed by atoms with E-state index in [2.05, 4.69) is 22.5 Å². The Labute approximate surface area is 73.2 Å². The Kier molecular flexibility index (Phi) is 2.91. The summed E-state index contributed by atoms with van der Waals surface area (Å²) >= 11 is 0. The summed E-state index contributed by atoms with van der Waals surface area (Å²) in [5.41, 5.74) is 2.08. The van der Waals surface area contributed by atoms with Gasteiger partial charge in [-0.2, -0.15) is 0 Å². The molecular formula is C9H15N3. The van der Waals surface area contributed by atoms with Gasteiger partial charge in [0.2, 0.25) is 0 Å². The third kappa shape index (κ3) is 1.87. The highest BCUT2D eigenvalue weighted by atomic mass is 15.0. The minimum Gasteiger partial charge on any atom is -0.385 e. The first-order chi connectivity index (χ1) is 5.77. The molecule has 0 bridgehead atoms. The van der Waals surface area contributed by atoms with Gasteiger partial charge < -0.3 is 10.6 Å². The van der Waals surface area contributed by atoms with Gasteiger partial charge in [-0.05, 0) is 26.0 Å². The van der Waals surface area contributed by atoms with Crippen LogP contribution in [0.15, 0.2) is 12.1 Å². The summed E-state index contributed by atoms with van der Waals surface area (Å²) in [6.07, 6.45) is 0. The molecule has 0 unspecified atom stereocenters. The number of hydrogen-bond donors (Lipinski definition) is 2. The number of rotatable bonds is 3. The Morgan fingerprint density at radius 1 is 1.42 bits per heavy atom. The number of hydrogen-bond acceptors (Lipinski definition) is 3. The second kappa shape index (κ2) is 3.95. The van der Waals surface area contributed by atoms with Gasteiger partial charge in [0, 0.05) is 19.3 Å². The van der Waals surface area contributed by atoms with Crippen LogP contribution >= 0.6 is 0 Å². The quantitative estimate of drug-likeness (QED) is 0.717. The van der Waals surface area contributed by atoms with Crippen molar-refractivity contribution in [3.05, 3.63) is 17.8 Å². The Morgan fingerprint density at radius 3 is 2.75 bits per heavy atom. The fourth-order valence-corrected chi connectivity index (χ4v) is 1.06. The van der Waals surface area contributed by atoms with Gasteiger partial charge in [-0.3, -0.25) is 0 Å². The van der Waals surface area contributed by atoms with E-state index in [0.29, 0.717) is 0 Å². The van der Waals surface area contributed by atoms with Crippen molar-refractivity contribution in [2.45, 2.75) is 13.8 Å². The van der Waals surface area contributed by atoms with Gasteiger partial charge in [-0.15, -0.1) is 0 Å². The third-order valence-electron chi connectivity index (χ3n) is 1.65. The van der Waals surface area contributed by atoms with Crippen LogP contribution in [0.2, 0.25) is 0 Å². The number of nitrogens with zero attached hydrogens (tertiary/aromatic N) is 1. The fraction of sp³-hybridized carbons (Fsp3) is 0.444. The number of aromatic nitrogens is 1. The predicted molar refractivity (Wildman–Crippen MR) is 52.7 cm³/mol. The van der Waals surface area contributed by atoms with Gasteiger partial charge in [0.15, 0.2) is 0 Å². The molecule has 1 aromatic rings. The molecule has 0 saturated carbocycles. The van der Waals surface area contributed by atoms with Crippen molar-refractivity contribution in [3.63, 3.8) is 0 Å². The van der Waals surface area contributed by atoms with Crippen molar-refractivity contribution in [1.82, 2.24) is 4.98 Å². The van der Waals surface area contributed by atoms with E-state index < -0.39 is 0 Å². The van der Waals surface area contributed by atoms with E-state index in [-0.39, 0.29) is 0 Å². The maximum Gasteiger partial charge on any atom is 0.149 e. The highest BCUT2D eigenvalue weighted by Gasteiger charge is 1.99. The van der Waals surface area contributed by atoms with Gasteiger partial charge in [0.05, 0.1) is 5.69 Å². The Bertz CT molecular complexity index is 258. The standard InChI is InChI=1S/C9H15N3/c1-4-11-9-8(10-3)6-5-7(2)12-9/h5-6,10H,4H2,1-3H3,(H,11,12). The minimum atomic E-state index is 0.894. The van der Waals surface area contributed by atoms with Crippen molar-refractivity contribution in [3.8, 4) is 0 Å². The molecule has 1 rings (SSSR count). The second-order valence-corrected chi connectivity index (χ2v) is 2.63. The molecular weight excluding hydrogens is 150 g/mol. The van der Waals surface area contributed by atoms with Crippen LogP contribution in [-0.4, -0.2) is 18.6 Å². The minimum absolute atomic E-state index is 0.894. The van der Waals surface area contributed by atoms with E-state index in [4.69, 9.17) is 0 Å². The monoisotopic (exact) mass is 165 g/mol. The van der Waals surface area contributed by atoms with E-state index in [1.165, 1.54) is 0 Å². The molecule has 3 nitrogen and oxygen atoms in total. The number of aryl methyl sites for hydroxylation is 1. The summed E-state index contributed by atoms with van der Waals surface area (Å²) < 4.78 is 0. The molecule has 0 fully saturated rings. The summed E-state index contributed by atoms with van der Waals surface area (Å²) in [7, 11) is 1.90. The molecule has 12 heavy (non-hydrogen) atoms. The van der Waals surface area contributed by atoms with Gasteiger partial charge in [-0.1, -0.05) is 0 Å². The molecule has 1 heterocycles. The van der Waals surface area contributed by atoms with Crippen LogP contribution in [0.3, 0.4) is 0 Å². The summed E-state index contributed by atoms with van der Waals surface area (Å²) in [6, 6.07) is 4.02. The van der Waals surface area contributed by atoms with Crippen LogP contribution < -0.4 is 10.6 Å². The van der Waals surface area contributed by atoms with E-state index in [1.54, 1.807) is 0 Å². The van der Waals surface area contributed by atoms with E-state index in [1.807, 2.05) is 26.1 Å². The van der Waals surface area contributed by atoms with Crippen LogP contribution in [-0.2, 0) is 0 Å². The van der Waals surface area contributed by atoms with Gasteiger partial charge in [-0.25, -0.2) is 4.98 Å². The molecule has 0 aliphatic rings. The predicted octanol–water partition coefficient (Wildman–Crippen LogP) is 1.86. The van der Waals surface area contributed by atoms with Gasteiger partial charge >= 0.3 is 0 Å². The van der Waals surface area contributed by atoms with Crippen LogP contribution in [0.25, 0.3) is 0 Å². The number of pyridine rings is 1. The van der Waals surface area contributed by atoms with E-state index in [9.17, 15) is 0 Å². The molecule has 1 aromatic heterocycles. The summed E-state index contributed by atoms with van der Waals surface area (Å²) in [5, 5.41) is 6.28. The zero-order valence-corrected chi connectivity index (χ0v) is 7.81. The molecule has 0 aliphatic carbocycles. The number of nitrogens with one attached hydrogen (secondary N) is 2. The second-order valence-electron chi connectivity index (χ2n) is 2.63. The highest BCUT2D eigenvalue weighted by Crippen LogP contribution is 2.17. The Morgan fingerprint density at radius 2 is 2.17 bits per heavy atom. The third-order valence-corrected chi connectivity index (χ3v) is 1.65. The van der Waals surface area contributed by atoms with E-state index >= 15 is 0 Å². The van der Waals surface area contributed by atoms with Crippen molar-refractivity contribution in [2.24, 2.45) is 0 Å². The van der Waals surface area contributed by atoms with Crippen LogP contribution in [0.4, 0.5) is 11.5 Å². The first kappa shape index (κ1) is 8.84. The molecule has 0 amide bonds.